The smallest absolute Gasteiger partial charge is 0.321 e. The zero-order valence-corrected chi connectivity index (χ0v) is 11.7. The van der Waals surface area contributed by atoms with Crippen molar-refractivity contribution in [2.24, 2.45) is 0 Å². The number of aliphatic hydroxyl groups excluding tert-OH is 1. The summed E-state index contributed by atoms with van der Waals surface area (Å²) in [5.41, 5.74) is 0. The molecule has 110 valence electrons. The summed E-state index contributed by atoms with van der Waals surface area (Å²) in [6, 6.07) is -0.210. The Balaban J connectivity index is 2.24. The van der Waals surface area contributed by atoms with Crippen molar-refractivity contribution < 1.29 is 14.7 Å². The lowest BCUT2D eigenvalue weighted by Gasteiger charge is -2.23. The standard InChI is InChI=1S/C13H25N3O3/c1-2-16(8-9-17)10-12(18)15-13(19)14-11-6-4-3-5-7-11/h11,17H,2-10H2,1H3,(H2,14,15,18,19). The number of imide groups is 1. The molecule has 1 saturated carbocycles. The van der Waals surface area contributed by atoms with Crippen LogP contribution < -0.4 is 10.6 Å². The van der Waals surface area contributed by atoms with E-state index in [4.69, 9.17) is 5.11 Å². The molecule has 1 fully saturated rings. The van der Waals surface area contributed by atoms with Gasteiger partial charge in [-0.1, -0.05) is 26.2 Å². The average Bonchev–Trinajstić information content (AvgIpc) is 2.39. The first-order valence-corrected chi connectivity index (χ1v) is 7.09. The monoisotopic (exact) mass is 271 g/mol. The van der Waals surface area contributed by atoms with E-state index in [2.05, 4.69) is 10.6 Å². The minimum Gasteiger partial charge on any atom is -0.395 e. The highest BCUT2D eigenvalue weighted by molar-refractivity contribution is 5.95. The number of nitrogens with zero attached hydrogens (tertiary/aromatic N) is 1. The van der Waals surface area contributed by atoms with E-state index in [1.165, 1.54) is 6.42 Å². The van der Waals surface area contributed by atoms with Crippen molar-refractivity contribution in [3.8, 4) is 0 Å². The first-order chi connectivity index (χ1) is 9.15. The first kappa shape index (κ1) is 15.9. The van der Waals surface area contributed by atoms with Crippen LogP contribution in [0.1, 0.15) is 39.0 Å². The second-order valence-corrected chi connectivity index (χ2v) is 4.95. The van der Waals surface area contributed by atoms with E-state index in [0.29, 0.717) is 13.1 Å². The fourth-order valence-electron chi connectivity index (χ4n) is 2.33. The molecule has 3 N–H and O–H groups in total. The molecule has 0 aromatic rings. The predicted molar refractivity (Wildman–Crippen MR) is 72.7 cm³/mol. The SMILES string of the molecule is CCN(CCO)CC(=O)NC(=O)NC1CCCCC1. The molecule has 19 heavy (non-hydrogen) atoms. The highest BCUT2D eigenvalue weighted by Gasteiger charge is 2.17. The number of urea groups is 1. The molecule has 0 saturated heterocycles. The zero-order valence-electron chi connectivity index (χ0n) is 11.7. The van der Waals surface area contributed by atoms with Crippen molar-refractivity contribution >= 4 is 11.9 Å². The van der Waals surface area contributed by atoms with Crippen LogP contribution in [0.5, 0.6) is 0 Å². The summed E-state index contributed by atoms with van der Waals surface area (Å²) >= 11 is 0. The second kappa shape index (κ2) is 8.87. The van der Waals surface area contributed by atoms with Gasteiger partial charge in [0.15, 0.2) is 0 Å². The Labute approximate surface area is 114 Å². The van der Waals surface area contributed by atoms with E-state index in [9.17, 15) is 9.59 Å². The summed E-state index contributed by atoms with van der Waals surface area (Å²) in [7, 11) is 0. The minimum absolute atomic E-state index is 0.00932. The molecule has 0 aromatic heterocycles. The van der Waals surface area contributed by atoms with Crippen LogP contribution in [0.25, 0.3) is 0 Å². The van der Waals surface area contributed by atoms with Crippen molar-refractivity contribution in [2.75, 3.05) is 26.2 Å². The number of hydrogen-bond acceptors (Lipinski definition) is 4. The van der Waals surface area contributed by atoms with Crippen molar-refractivity contribution in [1.82, 2.24) is 15.5 Å². The molecule has 0 radical (unpaired) electrons. The van der Waals surface area contributed by atoms with Crippen LogP contribution in [0.2, 0.25) is 0 Å². The molecule has 0 atom stereocenters. The Morgan fingerprint density at radius 2 is 1.95 bits per heavy atom. The van der Waals surface area contributed by atoms with Crippen molar-refractivity contribution in [1.29, 1.82) is 0 Å². The Kier molecular flexibility index (Phi) is 7.43. The lowest BCUT2D eigenvalue weighted by molar-refractivity contribution is -0.121. The van der Waals surface area contributed by atoms with Crippen LogP contribution >= 0.6 is 0 Å². The van der Waals surface area contributed by atoms with E-state index in [1.807, 2.05) is 6.92 Å². The van der Waals surface area contributed by atoms with Gasteiger partial charge in [0.05, 0.1) is 13.2 Å². The quantitative estimate of drug-likeness (QED) is 0.655. The number of likely N-dealkylation sites (N-methyl/N-ethyl adjacent to an activating group) is 1. The Bertz CT molecular complexity index is 274. The van der Waals surface area contributed by atoms with Gasteiger partial charge in [-0.25, -0.2) is 4.79 Å². The number of nitrogens with one attached hydrogen (secondary N) is 2. The summed E-state index contributed by atoms with van der Waals surface area (Å²) in [5.74, 6) is -0.330. The Morgan fingerprint density at radius 1 is 1.26 bits per heavy atom. The second-order valence-electron chi connectivity index (χ2n) is 4.95. The van der Waals surface area contributed by atoms with Gasteiger partial charge in [0.25, 0.3) is 0 Å². The van der Waals surface area contributed by atoms with Crippen molar-refractivity contribution in [2.45, 2.75) is 45.1 Å². The van der Waals surface area contributed by atoms with Gasteiger partial charge in [-0.15, -0.1) is 0 Å². The first-order valence-electron chi connectivity index (χ1n) is 7.09. The summed E-state index contributed by atoms with van der Waals surface area (Å²) in [6.07, 6.45) is 5.49. The molecule has 0 spiro atoms. The molecule has 1 aliphatic carbocycles. The van der Waals surface area contributed by atoms with Gasteiger partial charge in [0.1, 0.15) is 0 Å². The maximum Gasteiger partial charge on any atom is 0.321 e. The van der Waals surface area contributed by atoms with E-state index < -0.39 is 6.03 Å². The van der Waals surface area contributed by atoms with Crippen LogP contribution in [-0.2, 0) is 4.79 Å². The van der Waals surface area contributed by atoms with Gasteiger partial charge in [-0.3, -0.25) is 15.0 Å². The van der Waals surface area contributed by atoms with E-state index in [-0.39, 0.29) is 25.1 Å². The molecule has 3 amide bonds. The van der Waals surface area contributed by atoms with Crippen LogP contribution in [0.4, 0.5) is 4.79 Å². The fourth-order valence-corrected chi connectivity index (χ4v) is 2.33. The molecular weight excluding hydrogens is 246 g/mol. The fraction of sp³-hybridized carbons (Fsp3) is 0.846. The Hall–Kier alpha value is -1.14. The van der Waals surface area contributed by atoms with Gasteiger partial charge in [-0.2, -0.15) is 0 Å². The zero-order chi connectivity index (χ0) is 14.1. The van der Waals surface area contributed by atoms with Gasteiger partial charge >= 0.3 is 6.03 Å². The van der Waals surface area contributed by atoms with Crippen molar-refractivity contribution in [3.63, 3.8) is 0 Å². The largest absolute Gasteiger partial charge is 0.395 e. The summed E-state index contributed by atoms with van der Waals surface area (Å²) < 4.78 is 0. The number of aliphatic hydroxyl groups is 1. The third-order valence-corrected chi connectivity index (χ3v) is 3.42. The van der Waals surface area contributed by atoms with E-state index in [0.717, 1.165) is 25.7 Å². The van der Waals surface area contributed by atoms with Crippen LogP contribution in [0.3, 0.4) is 0 Å². The predicted octanol–water partition coefficient (Wildman–Crippen LogP) is 0.459. The molecule has 6 nitrogen and oxygen atoms in total. The summed E-state index contributed by atoms with van der Waals surface area (Å²) in [5, 5.41) is 14.0. The van der Waals surface area contributed by atoms with Crippen molar-refractivity contribution in [3.05, 3.63) is 0 Å². The molecular formula is C13H25N3O3. The van der Waals surface area contributed by atoms with Gasteiger partial charge in [0.2, 0.25) is 5.91 Å². The number of hydrogen-bond donors (Lipinski definition) is 3. The maximum absolute atomic E-state index is 11.6. The minimum atomic E-state index is -0.406. The lowest BCUT2D eigenvalue weighted by Crippen LogP contribution is -2.48. The summed E-state index contributed by atoms with van der Waals surface area (Å²) in [6.45, 7) is 3.15. The average molecular weight is 271 g/mol. The molecule has 0 aromatic carbocycles. The molecule has 1 aliphatic rings. The molecule has 6 heteroatoms. The van der Waals surface area contributed by atoms with Crippen LogP contribution in [0.15, 0.2) is 0 Å². The number of amides is 3. The molecule has 0 aliphatic heterocycles. The highest BCUT2D eigenvalue weighted by Crippen LogP contribution is 2.16. The van der Waals surface area contributed by atoms with E-state index in [1.54, 1.807) is 4.90 Å². The molecule has 1 rings (SSSR count). The number of carbonyl (C=O) groups is 2. The number of rotatable bonds is 6. The van der Waals surface area contributed by atoms with Crippen LogP contribution in [-0.4, -0.2) is 54.2 Å². The molecule has 0 unspecified atom stereocenters. The van der Waals surface area contributed by atoms with E-state index >= 15 is 0 Å². The Morgan fingerprint density at radius 3 is 2.53 bits per heavy atom. The molecule has 0 bridgehead atoms. The third-order valence-electron chi connectivity index (χ3n) is 3.42. The van der Waals surface area contributed by atoms with Gasteiger partial charge < -0.3 is 10.4 Å². The number of carbonyl (C=O) groups excluding carboxylic acids is 2. The summed E-state index contributed by atoms with van der Waals surface area (Å²) in [4.78, 5) is 25.1. The van der Waals surface area contributed by atoms with Crippen LogP contribution in [0, 0.1) is 0 Å². The molecule has 0 heterocycles. The maximum atomic E-state index is 11.6. The normalized spacial score (nSPS) is 16.4. The lowest BCUT2D eigenvalue weighted by atomic mass is 9.96. The third kappa shape index (κ3) is 6.54. The topological polar surface area (TPSA) is 81.7 Å². The van der Waals surface area contributed by atoms with Gasteiger partial charge in [-0.05, 0) is 19.4 Å². The highest BCUT2D eigenvalue weighted by atomic mass is 16.3. The van der Waals surface area contributed by atoms with Gasteiger partial charge in [0, 0.05) is 12.6 Å².